The molecule has 13 aliphatic rings. The van der Waals surface area contributed by atoms with Gasteiger partial charge < -0.3 is 56.8 Å². The lowest BCUT2D eigenvalue weighted by molar-refractivity contribution is -0.170. The molecular formula is C77H92N2O36. The highest BCUT2D eigenvalue weighted by Gasteiger charge is 2.65. The van der Waals surface area contributed by atoms with Crippen LogP contribution in [0.5, 0.6) is 0 Å². The lowest BCUT2D eigenvalue weighted by Crippen LogP contribution is -2.49. The highest BCUT2D eigenvalue weighted by molar-refractivity contribution is 6.06. The van der Waals surface area contributed by atoms with Gasteiger partial charge in [0, 0.05) is 76.3 Å². The fourth-order valence-electron chi connectivity index (χ4n) is 15.4. The summed E-state index contributed by atoms with van der Waals surface area (Å²) in [4.78, 5) is 273. The Morgan fingerprint density at radius 1 is 0.287 bits per heavy atom. The number of cyclic esters (lactones) is 24. The number of hydrogen-bond donors (Lipinski definition) is 0. The van der Waals surface area contributed by atoms with Crippen LogP contribution < -0.4 is 0 Å². The highest BCUT2D eigenvalue weighted by atomic mass is 16.6. The summed E-state index contributed by atoms with van der Waals surface area (Å²) in [7, 11) is 0. The maximum Gasteiger partial charge on any atom is 0.327 e. The van der Waals surface area contributed by atoms with Gasteiger partial charge in [-0.15, -0.1) is 0 Å². The molecule has 1 aromatic carbocycles. The zero-order valence-electron chi connectivity index (χ0n) is 61.2. The molecule has 38 nitrogen and oxygen atoms in total. The predicted molar refractivity (Wildman–Crippen MR) is 373 cm³/mol. The van der Waals surface area contributed by atoms with Crippen LogP contribution in [-0.4, -0.2) is 192 Å². The fraction of sp³-hybridized carbons (Fsp3) is 0.610. The monoisotopic (exact) mass is 1620 g/mol. The first-order valence-corrected chi connectivity index (χ1v) is 36.2. The first kappa shape index (κ1) is 92.7. The first-order chi connectivity index (χ1) is 52.8. The maximum absolute atomic E-state index is 11.6. The smallest absolute Gasteiger partial charge is 0.327 e. The molecule has 1 saturated carbocycles. The number of nitrogens with zero attached hydrogens (tertiary/aromatic N) is 2. The Kier molecular flexibility index (Phi) is 32.4. The van der Waals surface area contributed by atoms with Gasteiger partial charge in [-0.25, -0.2) is 0 Å². The number of morpholine rings is 2. The van der Waals surface area contributed by atoms with Crippen molar-refractivity contribution in [2.24, 2.45) is 70.0 Å². The second-order valence-corrected chi connectivity index (χ2v) is 29.9. The normalized spacial score (nSPS) is 28.0. The van der Waals surface area contributed by atoms with E-state index in [1.54, 1.807) is 23.6 Å². The summed E-state index contributed by atoms with van der Waals surface area (Å²) in [5.74, 6) is -15.6. The molecule has 0 amide bonds. The van der Waals surface area contributed by atoms with E-state index in [9.17, 15) is 115 Å². The third kappa shape index (κ3) is 24.9. The maximum atomic E-state index is 11.6. The molecule has 0 N–H and O–H groups in total. The zero-order chi connectivity index (χ0) is 81.8. The van der Waals surface area contributed by atoms with Gasteiger partial charge in [-0.1, -0.05) is 60.4 Å². The molecule has 0 radical (unpaired) electrons. The van der Waals surface area contributed by atoms with Crippen LogP contribution in [0.25, 0.3) is 0 Å². The number of carbonyl (C=O) groups is 24. The minimum atomic E-state index is -1.31. The van der Waals surface area contributed by atoms with Gasteiger partial charge in [-0.2, -0.15) is 0 Å². The van der Waals surface area contributed by atoms with Gasteiger partial charge >= 0.3 is 143 Å². The van der Waals surface area contributed by atoms with Gasteiger partial charge in [-0.3, -0.25) is 125 Å². The molecular weight excluding hydrogens is 1530 g/mol. The summed E-state index contributed by atoms with van der Waals surface area (Å²) >= 11 is 0. The Labute approximate surface area is 657 Å². The molecule has 13 fully saturated rings. The summed E-state index contributed by atoms with van der Waals surface area (Å²) in [5.41, 5.74) is -0.877. The molecule has 1 aliphatic carbocycles. The van der Waals surface area contributed by atoms with Crippen LogP contribution in [0.15, 0.2) is 24.3 Å². The first-order valence-electron chi connectivity index (χ1n) is 36.2. The second-order valence-electron chi connectivity index (χ2n) is 29.9. The van der Waals surface area contributed by atoms with E-state index in [4.69, 9.17) is 0 Å². The molecule has 12 aliphatic heterocycles. The SMILES string of the molecule is C.C.C.CC1(C2(C)CC(=O)OC2=O)CC(=O)OC1=O.CC1C(=O)OC(=O)C1CC1C(=O)OC(=O)C1C.O=C1CC(C2CCC(C3CC(=O)OC(=O)C3)CC2)CC(=O)O1.O=C1CC(CC2CC(=O)OC(=O)C2)CC(=O)O1.O=C1CC(c2ccc(C3CC(=O)OC(=O)C3)cc2)CC(=O)O1.O=C1CN(CCN2CC(=O)OC(=O)C2)CC(=O)O1. The van der Waals surface area contributed by atoms with Crippen molar-refractivity contribution >= 4 is 143 Å². The number of esters is 24. The van der Waals surface area contributed by atoms with Gasteiger partial charge in [0.1, 0.15) is 0 Å². The van der Waals surface area contributed by atoms with Crippen LogP contribution in [0.3, 0.4) is 0 Å². The van der Waals surface area contributed by atoms with E-state index in [0.29, 0.717) is 57.0 Å². The van der Waals surface area contributed by atoms with Crippen molar-refractivity contribution in [2.45, 2.75) is 190 Å². The number of benzene rings is 1. The van der Waals surface area contributed by atoms with E-state index in [1.807, 2.05) is 24.3 Å². The third-order valence-corrected chi connectivity index (χ3v) is 21.8. The number of carbonyl (C=O) groups excluding carboxylic acids is 24. The van der Waals surface area contributed by atoms with E-state index in [1.165, 1.54) is 13.8 Å². The van der Waals surface area contributed by atoms with Crippen molar-refractivity contribution in [2.75, 3.05) is 39.3 Å². The summed E-state index contributed by atoms with van der Waals surface area (Å²) in [6.07, 6.45) is 6.70. The van der Waals surface area contributed by atoms with E-state index in [-0.39, 0.29) is 155 Å². The Morgan fingerprint density at radius 2 is 0.530 bits per heavy atom. The van der Waals surface area contributed by atoms with Crippen molar-refractivity contribution in [3.05, 3.63) is 35.4 Å². The quantitative estimate of drug-likeness (QED) is 0.164. The van der Waals surface area contributed by atoms with Crippen molar-refractivity contribution in [1.29, 1.82) is 0 Å². The number of rotatable bonds is 12. The second kappa shape index (κ2) is 40.2. The largest absolute Gasteiger partial charge is 0.393 e. The van der Waals surface area contributed by atoms with Gasteiger partial charge in [-0.05, 0) is 99.0 Å². The lowest BCUT2D eigenvalue weighted by Gasteiger charge is -2.37. The predicted octanol–water partition coefficient (Wildman–Crippen LogP) is 3.33. The molecule has 12 heterocycles. The minimum Gasteiger partial charge on any atom is -0.393 e. The Balaban J connectivity index is 0.000000214. The number of ether oxygens (including phenoxy) is 12. The molecule has 12 saturated heterocycles. The molecule has 626 valence electrons. The van der Waals surface area contributed by atoms with Crippen LogP contribution >= 0.6 is 0 Å². The summed E-state index contributed by atoms with van der Waals surface area (Å²) in [5, 5.41) is 0. The minimum absolute atomic E-state index is 0. The average molecular weight is 1620 g/mol. The summed E-state index contributed by atoms with van der Waals surface area (Å²) in [6, 6.07) is 7.32. The van der Waals surface area contributed by atoms with Crippen LogP contribution in [0.4, 0.5) is 0 Å². The standard InChI is InChI=1S/C16H20O6.C16H14O6.2C11H12O6.C10H12N2O6.C10H10O6.3CH4/c2*17-13-5-11(6-14(18)21-13)9-1-2-10(4-3-9)12-7-15(19)22-16(20)8-12;12-8-2-6(3-9(13)16-8)1-7-4-10(14)17-11(15)5-7;1-4-6(10(14)16-8(4)12)3-7-5(2)9(13)17-11(7)15;13-7-3-11(4-8(14)17-7)1-2-12-5-9(15)18-10(16)6-12;1-9(3-5(11)15-7(9)13)10(2)4-6(12)16-8(10)14;;;/h9-12H,1-8H2;1-4,11-12H,5-8H2;6-7H,1-5H2;4-7H,3H2,1-2H3;1-6H2;3-4H2,1-2H3;3*1H4. The van der Waals surface area contributed by atoms with E-state index in [2.05, 4.69) is 56.8 Å². The molecule has 1 aromatic rings. The molecule has 0 bridgehead atoms. The summed E-state index contributed by atoms with van der Waals surface area (Å²) < 4.78 is 53.6. The van der Waals surface area contributed by atoms with E-state index in [0.717, 1.165) is 36.8 Å². The Hall–Kier alpha value is -11.2. The van der Waals surface area contributed by atoms with Crippen LogP contribution in [0.1, 0.15) is 201 Å². The fourth-order valence-corrected chi connectivity index (χ4v) is 15.4. The molecule has 6 atom stereocenters. The zero-order valence-corrected chi connectivity index (χ0v) is 61.2. The van der Waals surface area contributed by atoms with Crippen LogP contribution in [-0.2, 0) is 172 Å². The highest BCUT2D eigenvalue weighted by Crippen LogP contribution is 2.52. The van der Waals surface area contributed by atoms with Crippen LogP contribution in [0.2, 0.25) is 0 Å². The van der Waals surface area contributed by atoms with Gasteiger partial charge in [0.2, 0.25) is 0 Å². The van der Waals surface area contributed by atoms with Crippen molar-refractivity contribution in [3.8, 4) is 0 Å². The van der Waals surface area contributed by atoms with Gasteiger partial charge in [0.25, 0.3) is 0 Å². The summed E-state index contributed by atoms with van der Waals surface area (Å²) in [6.45, 7) is 7.00. The molecule has 115 heavy (non-hydrogen) atoms. The van der Waals surface area contributed by atoms with Gasteiger partial charge in [0.15, 0.2) is 0 Å². The van der Waals surface area contributed by atoms with E-state index < -0.39 is 178 Å². The van der Waals surface area contributed by atoms with Crippen molar-refractivity contribution < 1.29 is 172 Å². The Morgan fingerprint density at radius 3 is 0.765 bits per heavy atom. The lowest BCUT2D eigenvalue weighted by atomic mass is 9.63. The molecule has 0 spiro atoms. The molecule has 6 unspecified atom stereocenters. The Bertz CT molecular complexity index is 3730. The molecule has 38 heteroatoms. The van der Waals surface area contributed by atoms with E-state index >= 15 is 0 Å². The molecule has 14 rings (SSSR count). The number of hydrogen-bond acceptors (Lipinski definition) is 38. The molecule has 0 aromatic heterocycles. The van der Waals surface area contributed by atoms with Gasteiger partial charge in [0.05, 0.1) is 99.2 Å². The average Bonchev–Trinajstić information content (AvgIpc) is 1.59. The van der Waals surface area contributed by atoms with Crippen molar-refractivity contribution in [1.82, 2.24) is 9.80 Å². The van der Waals surface area contributed by atoms with Crippen LogP contribution in [0, 0.1) is 70.0 Å². The van der Waals surface area contributed by atoms with Crippen molar-refractivity contribution in [3.63, 3.8) is 0 Å². The third-order valence-electron chi connectivity index (χ3n) is 21.8. The topological polar surface area (TPSA) is 527 Å².